The molecule has 1 heterocycles. The van der Waals surface area contributed by atoms with E-state index in [2.05, 4.69) is 10.2 Å². The zero-order valence-corrected chi connectivity index (χ0v) is 19.1. The minimum atomic E-state index is -0.473. The highest BCUT2D eigenvalue weighted by Gasteiger charge is 2.36. The molecule has 0 saturated carbocycles. The van der Waals surface area contributed by atoms with Gasteiger partial charge in [-0.3, -0.25) is 9.59 Å². The van der Waals surface area contributed by atoms with Crippen LogP contribution in [0.15, 0.2) is 100 Å². The van der Waals surface area contributed by atoms with E-state index in [9.17, 15) is 14.7 Å². The standard InChI is InChI=1S/C26H16ClN3O3S/c27-18-8-11-20(12-9-18)30-25(32)24(34-26(30)33)15-17-14-19(10-13-23(17)31)28-29-22-7-3-5-16-4-1-2-6-21(16)22/h1-15,31H/b24-15-,29-28?. The minimum absolute atomic E-state index is 0.0394. The van der Waals surface area contributed by atoms with Crippen molar-refractivity contribution in [3.05, 3.63) is 100 Å². The zero-order valence-electron chi connectivity index (χ0n) is 17.6. The number of hydrogen-bond acceptors (Lipinski definition) is 6. The lowest BCUT2D eigenvalue weighted by molar-refractivity contribution is -0.113. The predicted molar refractivity (Wildman–Crippen MR) is 136 cm³/mol. The first kappa shape index (κ1) is 21.9. The number of fused-ring (bicyclic) bond motifs is 1. The highest BCUT2D eigenvalue weighted by molar-refractivity contribution is 8.19. The number of aromatic hydroxyl groups is 1. The summed E-state index contributed by atoms with van der Waals surface area (Å²) in [5, 5.41) is 21.1. The first-order valence-electron chi connectivity index (χ1n) is 10.3. The Hall–Kier alpha value is -3.94. The molecule has 0 radical (unpaired) electrons. The first-order valence-corrected chi connectivity index (χ1v) is 11.4. The number of rotatable bonds is 4. The van der Waals surface area contributed by atoms with E-state index in [0.29, 0.717) is 22.0 Å². The number of azo groups is 1. The Morgan fingerprint density at radius 2 is 1.65 bits per heavy atom. The molecule has 34 heavy (non-hydrogen) atoms. The Balaban J connectivity index is 1.44. The predicted octanol–water partition coefficient (Wildman–Crippen LogP) is 7.86. The van der Waals surface area contributed by atoms with Gasteiger partial charge in [-0.1, -0.05) is 48.0 Å². The van der Waals surface area contributed by atoms with Crippen molar-refractivity contribution in [2.75, 3.05) is 4.90 Å². The van der Waals surface area contributed by atoms with Crippen LogP contribution in [0, 0.1) is 0 Å². The van der Waals surface area contributed by atoms with Gasteiger partial charge in [0.25, 0.3) is 11.1 Å². The minimum Gasteiger partial charge on any atom is -0.507 e. The van der Waals surface area contributed by atoms with Gasteiger partial charge in [0.15, 0.2) is 0 Å². The molecule has 0 spiro atoms. The number of imide groups is 1. The molecule has 5 rings (SSSR count). The Morgan fingerprint density at radius 1 is 0.882 bits per heavy atom. The molecule has 1 aliphatic rings. The number of nitrogens with zero attached hydrogens (tertiary/aromatic N) is 3. The van der Waals surface area contributed by atoms with Gasteiger partial charge in [0.2, 0.25) is 0 Å². The maximum atomic E-state index is 12.9. The highest BCUT2D eigenvalue weighted by Crippen LogP contribution is 2.38. The number of amides is 2. The SMILES string of the molecule is O=C1S/C(=C\c2cc(N=Nc3cccc4ccccc34)ccc2O)C(=O)N1c1ccc(Cl)cc1. The van der Waals surface area contributed by atoms with Crippen molar-refractivity contribution < 1.29 is 14.7 Å². The summed E-state index contributed by atoms with van der Waals surface area (Å²) in [7, 11) is 0. The van der Waals surface area contributed by atoms with Crippen LogP contribution in [-0.4, -0.2) is 16.3 Å². The van der Waals surface area contributed by atoms with Gasteiger partial charge >= 0.3 is 0 Å². The number of thioether (sulfide) groups is 1. The second kappa shape index (κ2) is 9.13. The van der Waals surface area contributed by atoms with Crippen molar-refractivity contribution in [3.8, 4) is 5.75 Å². The van der Waals surface area contributed by atoms with Gasteiger partial charge in [-0.15, -0.1) is 5.11 Å². The van der Waals surface area contributed by atoms with Crippen molar-refractivity contribution in [2.24, 2.45) is 10.2 Å². The monoisotopic (exact) mass is 485 g/mol. The van der Waals surface area contributed by atoms with Gasteiger partial charge in [0.05, 0.1) is 22.0 Å². The van der Waals surface area contributed by atoms with Crippen LogP contribution >= 0.6 is 23.4 Å². The number of phenols is 1. The lowest BCUT2D eigenvalue weighted by Crippen LogP contribution is -2.27. The number of hydrogen-bond donors (Lipinski definition) is 1. The van der Waals surface area contributed by atoms with E-state index < -0.39 is 11.1 Å². The van der Waals surface area contributed by atoms with Gasteiger partial charge in [-0.25, -0.2) is 4.90 Å². The van der Waals surface area contributed by atoms with Gasteiger partial charge in [-0.05, 0) is 71.8 Å². The van der Waals surface area contributed by atoms with Crippen LogP contribution in [0.2, 0.25) is 5.02 Å². The summed E-state index contributed by atoms with van der Waals surface area (Å²) < 4.78 is 0. The van der Waals surface area contributed by atoms with Gasteiger partial charge in [0, 0.05) is 16.0 Å². The van der Waals surface area contributed by atoms with E-state index in [-0.39, 0.29) is 10.7 Å². The highest BCUT2D eigenvalue weighted by atomic mass is 35.5. The van der Waals surface area contributed by atoms with Crippen molar-refractivity contribution in [3.63, 3.8) is 0 Å². The van der Waals surface area contributed by atoms with Crippen LogP contribution < -0.4 is 4.90 Å². The molecule has 0 unspecified atom stereocenters. The lowest BCUT2D eigenvalue weighted by Gasteiger charge is -2.12. The third-order valence-corrected chi connectivity index (χ3v) is 6.34. The average Bonchev–Trinajstić information content (AvgIpc) is 3.12. The molecule has 1 saturated heterocycles. The smallest absolute Gasteiger partial charge is 0.298 e. The van der Waals surface area contributed by atoms with Crippen molar-refractivity contribution in [2.45, 2.75) is 0 Å². The van der Waals surface area contributed by atoms with Crippen molar-refractivity contribution >= 4 is 68.4 Å². The molecule has 8 heteroatoms. The van der Waals surface area contributed by atoms with Crippen LogP contribution in [-0.2, 0) is 4.79 Å². The maximum Gasteiger partial charge on any atom is 0.298 e. The molecule has 6 nitrogen and oxygen atoms in total. The fraction of sp³-hybridized carbons (Fsp3) is 0. The summed E-state index contributed by atoms with van der Waals surface area (Å²) in [5.74, 6) is -0.512. The van der Waals surface area contributed by atoms with Crippen LogP contribution in [0.5, 0.6) is 5.75 Å². The summed E-state index contributed by atoms with van der Waals surface area (Å²) in [4.78, 5) is 26.7. The average molecular weight is 486 g/mol. The fourth-order valence-electron chi connectivity index (χ4n) is 3.55. The van der Waals surface area contributed by atoms with Crippen LogP contribution in [0.4, 0.5) is 21.9 Å². The molecule has 4 aromatic rings. The van der Waals surface area contributed by atoms with E-state index in [0.717, 1.165) is 33.1 Å². The quantitative estimate of drug-likeness (QED) is 0.235. The van der Waals surface area contributed by atoms with Crippen molar-refractivity contribution in [1.82, 2.24) is 0 Å². The van der Waals surface area contributed by atoms with E-state index >= 15 is 0 Å². The Bertz CT molecular complexity index is 1490. The number of carbonyl (C=O) groups is 2. The lowest BCUT2D eigenvalue weighted by atomic mass is 10.1. The molecule has 1 aliphatic heterocycles. The fourth-order valence-corrected chi connectivity index (χ4v) is 4.51. The van der Waals surface area contributed by atoms with E-state index in [1.807, 2.05) is 42.5 Å². The van der Waals surface area contributed by atoms with E-state index in [1.165, 1.54) is 12.1 Å². The number of benzene rings is 4. The molecular formula is C26H16ClN3O3S. The molecule has 4 aromatic carbocycles. The molecule has 0 atom stereocenters. The Kier molecular flexibility index (Phi) is 5.88. The summed E-state index contributed by atoms with van der Waals surface area (Å²) in [6.45, 7) is 0. The largest absolute Gasteiger partial charge is 0.507 e. The molecular weight excluding hydrogens is 470 g/mol. The molecule has 0 aromatic heterocycles. The summed E-state index contributed by atoms with van der Waals surface area (Å²) in [6, 6.07) is 24.8. The van der Waals surface area contributed by atoms with E-state index in [4.69, 9.17) is 11.6 Å². The molecule has 0 bridgehead atoms. The molecule has 0 aliphatic carbocycles. The van der Waals surface area contributed by atoms with Gasteiger partial charge in [-0.2, -0.15) is 5.11 Å². The van der Waals surface area contributed by atoms with E-state index in [1.54, 1.807) is 36.4 Å². The van der Waals surface area contributed by atoms with Crippen molar-refractivity contribution in [1.29, 1.82) is 0 Å². The number of halogens is 1. The topological polar surface area (TPSA) is 82.3 Å². The second-order valence-corrected chi connectivity index (χ2v) is 8.86. The van der Waals surface area contributed by atoms with Gasteiger partial charge in [0.1, 0.15) is 5.75 Å². The van der Waals surface area contributed by atoms with Crippen LogP contribution in [0.3, 0.4) is 0 Å². The van der Waals surface area contributed by atoms with Gasteiger partial charge < -0.3 is 5.11 Å². The third kappa shape index (κ3) is 4.31. The summed E-state index contributed by atoms with van der Waals surface area (Å²) in [6.07, 6.45) is 1.48. The number of carbonyl (C=O) groups excluding carboxylic acids is 2. The molecule has 166 valence electrons. The normalized spacial score (nSPS) is 15.2. The first-order chi connectivity index (χ1) is 16.5. The van der Waals surface area contributed by atoms with Crippen LogP contribution in [0.1, 0.15) is 5.56 Å². The zero-order chi connectivity index (χ0) is 23.7. The Labute approximate surface area is 204 Å². The number of phenolic OH excluding ortho intramolecular Hbond substituents is 1. The second-order valence-electron chi connectivity index (χ2n) is 7.43. The summed E-state index contributed by atoms with van der Waals surface area (Å²) >= 11 is 6.71. The third-order valence-electron chi connectivity index (χ3n) is 5.22. The Morgan fingerprint density at radius 3 is 2.47 bits per heavy atom. The summed E-state index contributed by atoms with van der Waals surface area (Å²) in [5.41, 5.74) is 2.00. The number of anilines is 1. The molecule has 2 amide bonds. The molecule has 1 fully saturated rings. The maximum absolute atomic E-state index is 12.9. The van der Waals surface area contributed by atoms with Crippen LogP contribution in [0.25, 0.3) is 16.8 Å². The molecule has 1 N–H and O–H groups in total.